The highest BCUT2D eigenvalue weighted by molar-refractivity contribution is 6.07. The van der Waals surface area contributed by atoms with Gasteiger partial charge >= 0.3 is 0 Å². The first-order valence-electron chi connectivity index (χ1n) is 9.71. The second-order valence-corrected chi connectivity index (χ2v) is 8.52. The van der Waals surface area contributed by atoms with Crippen molar-refractivity contribution in [1.29, 1.82) is 0 Å². The van der Waals surface area contributed by atoms with E-state index in [1.807, 2.05) is 36.4 Å². The summed E-state index contributed by atoms with van der Waals surface area (Å²) in [5, 5.41) is 5.28. The number of furan rings is 1. The molecule has 1 aromatic carbocycles. The maximum absolute atomic E-state index is 13.0. The fourth-order valence-corrected chi connectivity index (χ4v) is 4.30. The minimum absolute atomic E-state index is 0.219. The number of hydrogen-bond donors (Lipinski definition) is 1. The zero-order valence-electron chi connectivity index (χ0n) is 16.5. The third-order valence-electron chi connectivity index (χ3n) is 5.22. The molecule has 1 fully saturated rings. The lowest BCUT2D eigenvalue weighted by Gasteiger charge is -2.34. The maximum atomic E-state index is 13.0. The molecule has 0 aliphatic heterocycles. The van der Waals surface area contributed by atoms with Gasteiger partial charge in [-0.25, -0.2) is 10.4 Å². The number of nitrogens with one attached hydrogen (secondary N) is 1. The number of carbonyl (C=O) groups is 1. The summed E-state index contributed by atoms with van der Waals surface area (Å²) in [7, 11) is 0. The van der Waals surface area contributed by atoms with Crippen LogP contribution in [0.25, 0.3) is 22.4 Å². The fraction of sp³-hybridized carbons (Fsp3) is 0.348. The number of aromatic nitrogens is 1. The molecule has 2 heterocycles. The zero-order valence-corrected chi connectivity index (χ0v) is 16.5. The van der Waals surface area contributed by atoms with Gasteiger partial charge in [0.15, 0.2) is 5.76 Å². The zero-order chi connectivity index (χ0) is 19.7. The summed E-state index contributed by atoms with van der Waals surface area (Å²) in [6, 6.07) is 13.0. The van der Waals surface area contributed by atoms with E-state index in [1.54, 1.807) is 12.3 Å². The summed E-state index contributed by atoms with van der Waals surface area (Å²) >= 11 is 0. The van der Waals surface area contributed by atoms with Crippen LogP contribution in [0.3, 0.4) is 0 Å². The van der Waals surface area contributed by atoms with Crippen molar-refractivity contribution in [1.82, 2.24) is 10.4 Å². The standard InChI is InChI=1S/C23H25N3O2/c1-15-11-16(14-23(2,3)13-15)25-26-22(27)18-12-20(21-9-6-10-28-21)24-19-8-5-4-7-17(18)19/h4-10,12,15H,11,13-14H2,1-3H3,(H,26,27)/b25-16-/t15-/m1/s1. The third-order valence-corrected chi connectivity index (χ3v) is 5.22. The van der Waals surface area contributed by atoms with Crippen molar-refractivity contribution in [2.75, 3.05) is 0 Å². The van der Waals surface area contributed by atoms with Gasteiger partial charge in [-0.1, -0.05) is 39.0 Å². The molecule has 1 aliphatic rings. The summed E-state index contributed by atoms with van der Waals surface area (Å²) in [4.78, 5) is 17.6. The Morgan fingerprint density at radius 1 is 1.25 bits per heavy atom. The van der Waals surface area contributed by atoms with Crippen LogP contribution in [0.5, 0.6) is 0 Å². The van der Waals surface area contributed by atoms with E-state index in [-0.39, 0.29) is 11.3 Å². The summed E-state index contributed by atoms with van der Waals surface area (Å²) in [5.41, 5.74) is 5.99. The Bertz CT molecular complexity index is 1040. The normalized spacial score (nSPS) is 20.4. The fourth-order valence-electron chi connectivity index (χ4n) is 4.30. The number of benzene rings is 1. The van der Waals surface area contributed by atoms with Crippen LogP contribution in [0.15, 0.2) is 58.2 Å². The minimum Gasteiger partial charge on any atom is -0.463 e. The van der Waals surface area contributed by atoms with Crippen LogP contribution in [0.4, 0.5) is 0 Å². The predicted octanol–water partition coefficient (Wildman–Crippen LogP) is 5.43. The van der Waals surface area contributed by atoms with Gasteiger partial charge in [-0.2, -0.15) is 5.10 Å². The summed E-state index contributed by atoms with van der Waals surface area (Å²) in [6.07, 6.45) is 4.62. The summed E-state index contributed by atoms with van der Waals surface area (Å²) < 4.78 is 5.47. The molecule has 1 N–H and O–H groups in total. The van der Waals surface area contributed by atoms with Crippen molar-refractivity contribution in [3.63, 3.8) is 0 Å². The number of hydrogen-bond acceptors (Lipinski definition) is 4. The van der Waals surface area contributed by atoms with Crippen molar-refractivity contribution < 1.29 is 9.21 Å². The molecular weight excluding hydrogens is 350 g/mol. The Morgan fingerprint density at radius 3 is 2.82 bits per heavy atom. The van der Waals surface area contributed by atoms with Gasteiger partial charge in [-0.05, 0) is 54.9 Å². The van der Waals surface area contributed by atoms with E-state index >= 15 is 0 Å². The molecule has 5 heteroatoms. The number of para-hydroxylation sites is 1. The van der Waals surface area contributed by atoms with Crippen LogP contribution in [-0.2, 0) is 0 Å². The van der Waals surface area contributed by atoms with Crippen molar-refractivity contribution in [2.45, 2.75) is 40.0 Å². The van der Waals surface area contributed by atoms with Crippen LogP contribution >= 0.6 is 0 Å². The molecular formula is C23H25N3O2. The quantitative estimate of drug-likeness (QED) is 0.621. The van der Waals surface area contributed by atoms with Crippen LogP contribution in [0.2, 0.25) is 0 Å². The molecule has 0 saturated heterocycles. The van der Waals surface area contributed by atoms with Crippen LogP contribution in [-0.4, -0.2) is 16.6 Å². The van der Waals surface area contributed by atoms with Gasteiger partial charge in [0.1, 0.15) is 5.69 Å². The SMILES string of the molecule is C[C@@H]1C/C(=N/NC(=O)c2cc(-c3ccco3)nc3ccccc23)CC(C)(C)C1. The molecule has 0 unspecified atom stereocenters. The Kier molecular flexibility index (Phi) is 4.75. The molecule has 144 valence electrons. The second kappa shape index (κ2) is 7.23. The predicted molar refractivity (Wildman–Crippen MR) is 111 cm³/mol. The molecule has 28 heavy (non-hydrogen) atoms. The molecule has 2 aromatic heterocycles. The Labute approximate surface area is 164 Å². The van der Waals surface area contributed by atoms with Gasteiger partial charge < -0.3 is 4.42 Å². The molecule has 5 nitrogen and oxygen atoms in total. The van der Waals surface area contributed by atoms with E-state index in [0.29, 0.717) is 22.9 Å². The van der Waals surface area contributed by atoms with E-state index in [9.17, 15) is 4.79 Å². The van der Waals surface area contributed by atoms with Gasteiger partial charge in [0.2, 0.25) is 0 Å². The maximum Gasteiger partial charge on any atom is 0.272 e. The average Bonchev–Trinajstić information content (AvgIpc) is 3.18. The number of pyridine rings is 1. The number of hydrazone groups is 1. The first kappa shape index (κ1) is 18.4. The smallest absolute Gasteiger partial charge is 0.272 e. The molecule has 1 aliphatic carbocycles. The van der Waals surface area contributed by atoms with Gasteiger partial charge in [-0.15, -0.1) is 0 Å². The topological polar surface area (TPSA) is 67.5 Å². The molecule has 3 aromatic rings. The van der Waals surface area contributed by atoms with Gasteiger partial charge in [0.05, 0.1) is 17.3 Å². The van der Waals surface area contributed by atoms with Gasteiger partial charge in [0, 0.05) is 11.1 Å². The minimum atomic E-state index is -0.227. The van der Waals surface area contributed by atoms with Crippen molar-refractivity contribution in [3.8, 4) is 11.5 Å². The average molecular weight is 375 g/mol. The number of carbonyl (C=O) groups excluding carboxylic acids is 1. The van der Waals surface area contributed by atoms with Gasteiger partial charge in [0.25, 0.3) is 5.91 Å². The molecule has 0 radical (unpaired) electrons. The lowest BCUT2D eigenvalue weighted by Crippen LogP contribution is -2.30. The number of nitrogens with zero attached hydrogens (tertiary/aromatic N) is 2. The monoisotopic (exact) mass is 375 g/mol. The van der Waals surface area contributed by atoms with E-state index in [1.165, 1.54) is 6.42 Å². The lowest BCUT2D eigenvalue weighted by atomic mass is 9.72. The first-order valence-corrected chi connectivity index (χ1v) is 9.71. The number of rotatable bonds is 3. The van der Waals surface area contributed by atoms with Crippen LogP contribution in [0.1, 0.15) is 50.4 Å². The largest absolute Gasteiger partial charge is 0.463 e. The molecule has 1 saturated carbocycles. The van der Waals surface area contributed by atoms with Gasteiger partial charge in [-0.3, -0.25) is 4.79 Å². The first-order chi connectivity index (χ1) is 13.4. The third kappa shape index (κ3) is 3.84. The summed E-state index contributed by atoms with van der Waals surface area (Å²) in [5.74, 6) is 0.982. The van der Waals surface area contributed by atoms with Crippen molar-refractivity contribution >= 4 is 22.5 Å². The number of fused-ring (bicyclic) bond motifs is 1. The highest BCUT2D eigenvalue weighted by Gasteiger charge is 2.29. The van der Waals surface area contributed by atoms with Crippen LogP contribution < -0.4 is 5.43 Å². The Morgan fingerprint density at radius 2 is 2.07 bits per heavy atom. The van der Waals surface area contributed by atoms with E-state index in [0.717, 1.165) is 29.5 Å². The highest BCUT2D eigenvalue weighted by atomic mass is 16.3. The van der Waals surface area contributed by atoms with E-state index in [4.69, 9.17) is 4.42 Å². The Balaban J connectivity index is 1.66. The van der Waals surface area contributed by atoms with E-state index < -0.39 is 0 Å². The van der Waals surface area contributed by atoms with E-state index in [2.05, 4.69) is 36.3 Å². The van der Waals surface area contributed by atoms with Crippen molar-refractivity contribution in [3.05, 3.63) is 54.3 Å². The van der Waals surface area contributed by atoms with Crippen LogP contribution in [0, 0.1) is 11.3 Å². The molecule has 4 rings (SSSR count). The molecule has 1 amide bonds. The lowest BCUT2D eigenvalue weighted by molar-refractivity contribution is 0.0955. The summed E-state index contributed by atoms with van der Waals surface area (Å²) in [6.45, 7) is 6.75. The molecule has 1 atom stereocenters. The molecule has 0 bridgehead atoms. The molecule has 0 spiro atoms. The number of amides is 1. The Hall–Kier alpha value is -2.95. The second-order valence-electron chi connectivity index (χ2n) is 8.52. The highest BCUT2D eigenvalue weighted by Crippen LogP contribution is 2.37. The van der Waals surface area contributed by atoms with Crippen molar-refractivity contribution in [2.24, 2.45) is 16.4 Å².